The van der Waals surface area contributed by atoms with Gasteiger partial charge in [-0.05, 0) is 12.1 Å². The summed E-state index contributed by atoms with van der Waals surface area (Å²) in [5.74, 6) is 1.21. The van der Waals surface area contributed by atoms with Crippen LogP contribution >= 0.6 is 0 Å². The highest BCUT2D eigenvalue weighted by Crippen LogP contribution is 2.28. The fourth-order valence-electron chi connectivity index (χ4n) is 2.26. The molecule has 0 saturated carbocycles. The third kappa shape index (κ3) is 3.84. The van der Waals surface area contributed by atoms with Gasteiger partial charge in [0.05, 0.1) is 20.8 Å². The molecule has 136 valence electrons. The van der Waals surface area contributed by atoms with Crippen LogP contribution < -0.4 is 14.2 Å². The molecular weight excluding hydrogens is 358 g/mol. The second-order valence-corrected chi connectivity index (χ2v) is 6.95. The van der Waals surface area contributed by atoms with Gasteiger partial charge in [-0.1, -0.05) is 35.5 Å². The van der Waals surface area contributed by atoms with Gasteiger partial charge in [-0.15, -0.1) is 0 Å². The summed E-state index contributed by atoms with van der Waals surface area (Å²) in [5, 5.41) is 3.85. The summed E-state index contributed by atoms with van der Waals surface area (Å²) in [7, 11) is -0.966. The van der Waals surface area contributed by atoms with Crippen LogP contribution in [0.2, 0.25) is 0 Å². The first-order valence-electron chi connectivity index (χ1n) is 7.63. The van der Waals surface area contributed by atoms with Gasteiger partial charge in [-0.2, -0.15) is 4.98 Å². The highest BCUT2D eigenvalue weighted by Gasteiger charge is 2.21. The molecule has 0 radical (unpaired) electrons. The zero-order chi connectivity index (χ0) is 18.6. The minimum absolute atomic E-state index is 0.0106. The number of rotatable bonds is 7. The molecule has 1 heterocycles. The molecule has 0 spiro atoms. The van der Waals surface area contributed by atoms with Gasteiger partial charge in [-0.25, -0.2) is 13.1 Å². The maximum atomic E-state index is 12.5. The van der Waals surface area contributed by atoms with E-state index in [9.17, 15) is 8.42 Å². The van der Waals surface area contributed by atoms with Gasteiger partial charge < -0.3 is 14.0 Å². The fraction of sp³-hybridized carbons (Fsp3) is 0.176. The van der Waals surface area contributed by atoms with Crippen LogP contribution in [0.3, 0.4) is 0 Å². The third-order valence-corrected chi connectivity index (χ3v) is 5.01. The van der Waals surface area contributed by atoms with Gasteiger partial charge in [-0.3, -0.25) is 0 Å². The molecule has 3 aromatic rings. The van der Waals surface area contributed by atoms with Crippen molar-refractivity contribution in [3.63, 3.8) is 0 Å². The molecule has 9 heteroatoms. The molecule has 0 amide bonds. The van der Waals surface area contributed by atoms with Crippen LogP contribution in [0.4, 0.5) is 0 Å². The summed E-state index contributed by atoms with van der Waals surface area (Å²) in [5.41, 5.74) is 0.780. The monoisotopic (exact) mass is 375 g/mol. The Morgan fingerprint density at radius 1 is 1.08 bits per heavy atom. The molecule has 1 N–H and O–H groups in total. The van der Waals surface area contributed by atoms with Crippen molar-refractivity contribution >= 4 is 10.0 Å². The van der Waals surface area contributed by atoms with Gasteiger partial charge in [0.2, 0.25) is 21.7 Å². The van der Waals surface area contributed by atoms with Gasteiger partial charge in [0, 0.05) is 11.6 Å². The largest absolute Gasteiger partial charge is 0.497 e. The lowest BCUT2D eigenvalue weighted by Gasteiger charge is -2.11. The Labute approximate surface area is 150 Å². The van der Waals surface area contributed by atoms with Gasteiger partial charge in [0.1, 0.15) is 16.4 Å². The predicted molar refractivity (Wildman–Crippen MR) is 93.3 cm³/mol. The topological polar surface area (TPSA) is 104 Å². The number of sulfonamides is 1. The fourth-order valence-corrected chi connectivity index (χ4v) is 3.39. The standard InChI is InChI=1S/C17H17N3O5S/c1-23-13-8-9-15(14(10-13)24-2)26(21,22)18-11-16-19-17(20-25-16)12-6-4-3-5-7-12/h3-10,18H,11H2,1-2H3. The SMILES string of the molecule is COc1ccc(S(=O)(=O)NCc2nc(-c3ccccc3)no2)c(OC)c1. The third-order valence-electron chi connectivity index (χ3n) is 3.57. The van der Waals surface area contributed by atoms with E-state index in [1.54, 1.807) is 0 Å². The average molecular weight is 375 g/mol. The Morgan fingerprint density at radius 2 is 1.85 bits per heavy atom. The molecule has 1 aromatic heterocycles. The van der Waals surface area contributed by atoms with Gasteiger partial charge in [0.25, 0.3) is 0 Å². The molecule has 0 aliphatic heterocycles. The zero-order valence-electron chi connectivity index (χ0n) is 14.2. The number of ether oxygens (including phenoxy) is 2. The van der Waals surface area contributed by atoms with Crippen molar-refractivity contribution in [3.8, 4) is 22.9 Å². The van der Waals surface area contributed by atoms with Crippen LogP contribution in [0.15, 0.2) is 57.9 Å². The molecule has 2 aromatic carbocycles. The lowest BCUT2D eigenvalue weighted by molar-refractivity contribution is 0.374. The summed E-state index contributed by atoms with van der Waals surface area (Å²) in [6.07, 6.45) is 0. The number of nitrogens with zero attached hydrogens (tertiary/aromatic N) is 2. The summed E-state index contributed by atoms with van der Waals surface area (Å²) >= 11 is 0. The van der Waals surface area contributed by atoms with Crippen LogP contribution in [0.25, 0.3) is 11.4 Å². The molecular formula is C17H17N3O5S. The van der Waals surface area contributed by atoms with Gasteiger partial charge in [0.15, 0.2) is 0 Å². The van der Waals surface area contributed by atoms with E-state index in [-0.39, 0.29) is 23.1 Å². The van der Waals surface area contributed by atoms with E-state index in [2.05, 4.69) is 14.9 Å². The van der Waals surface area contributed by atoms with Crippen molar-refractivity contribution in [3.05, 3.63) is 54.4 Å². The molecule has 0 bridgehead atoms. The van der Waals surface area contributed by atoms with E-state index in [0.29, 0.717) is 11.6 Å². The molecule has 0 aliphatic carbocycles. The Morgan fingerprint density at radius 3 is 2.54 bits per heavy atom. The van der Waals surface area contributed by atoms with Crippen molar-refractivity contribution in [1.82, 2.24) is 14.9 Å². The molecule has 0 aliphatic rings. The molecule has 0 fully saturated rings. The van der Waals surface area contributed by atoms with Crippen LogP contribution in [0, 0.1) is 0 Å². The molecule has 3 rings (SSSR count). The molecule has 0 atom stereocenters. The van der Waals surface area contributed by atoms with Gasteiger partial charge >= 0.3 is 0 Å². The lowest BCUT2D eigenvalue weighted by atomic mass is 10.2. The highest BCUT2D eigenvalue weighted by molar-refractivity contribution is 7.89. The maximum absolute atomic E-state index is 12.5. The predicted octanol–water partition coefficient (Wildman–Crippen LogP) is 2.23. The normalized spacial score (nSPS) is 11.3. The second kappa shape index (κ2) is 7.54. The quantitative estimate of drug-likeness (QED) is 0.675. The molecule has 0 saturated heterocycles. The van der Waals surface area contributed by atoms with E-state index in [1.807, 2.05) is 30.3 Å². The van der Waals surface area contributed by atoms with E-state index in [1.165, 1.54) is 32.4 Å². The molecule has 26 heavy (non-hydrogen) atoms. The first-order valence-corrected chi connectivity index (χ1v) is 9.11. The van der Waals surface area contributed by atoms with Crippen LogP contribution in [0.5, 0.6) is 11.5 Å². The summed E-state index contributed by atoms with van der Waals surface area (Å²) in [6, 6.07) is 13.7. The molecule has 0 unspecified atom stereocenters. The minimum Gasteiger partial charge on any atom is -0.497 e. The Balaban J connectivity index is 1.76. The highest BCUT2D eigenvalue weighted by atomic mass is 32.2. The van der Waals surface area contributed by atoms with E-state index in [4.69, 9.17) is 14.0 Å². The Bertz CT molecular complexity index is 987. The Hall–Kier alpha value is -2.91. The number of nitrogens with one attached hydrogen (secondary N) is 1. The van der Waals surface area contributed by atoms with Crippen molar-refractivity contribution in [2.45, 2.75) is 11.4 Å². The lowest BCUT2D eigenvalue weighted by Crippen LogP contribution is -2.24. The minimum atomic E-state index is -3.84. The summed E-state index contributed by atoms with van der Waals surface area (Å²) in [6.45, 7) is -0.142. The average Bonchev–Trinajstić information content (AvgIpc) is 3.16. The number of methoxy groups -OCH3 is 2. The number of benzene rings is 2. The van der Waals surface area contributed by atoms with Crippen LogP contribution in [0.1, 0.15) is 5.89 Å². The van der Waals surface area contributed by atoms with Crippen LogP contribution in [-0.4, -0.2) is 32.8 Å². The summed E-state index contributed by atoms with van der Waals surface area (Å²) in [4.78, 5) is 4.18. The zero-order valence-corrected chi connectivity index (χ0v) is 15.0. The maximum Gasteiger partial charge on any atom is 0.244 e. The first-order chi connectivity index (χ1) is 12.5. The molecule has 8 nitrogen and oxygen atoms in total. The van der Waals surface area contributed by atoms with Crippen molar-refractivity contribution < 1.29 is 22.4 Å². The van der Waals surface area contributed by atoms with E-state index < -0.39 is 10.0 Å². The number of hydrogen-bond donors (Lipinski definition) is 1. The van der Waals surface area contributed by atoms with Crippen molar-refractivity contribution in [1.29, 1.82) is 0 Å². The van der Waals surface area contributed by atoms with E-state index >= 15 is 0 Å². The van der Waals surface area contributed by atoms with Crippen molar-refractivity contribution in [2.75, 3.05) is 14.2 Å². The number of hydrogen-bond acceptors (Lipinski definition) is 7. The van der Waals surface area contributed by atoms with Crippen LogP contribution in [-0.2, 0) is 16.6 Å². The van der Waals surface area contributed by atoms with Crippen molar-refractivity contribution in [2.24, 2.45) is 0 Å². The Kier molecular flexibility index (Phi) is 5.19. The second-order valence-electron chi connectivity index (χ2n) is 5.22. The van der Waals surface area contributed by atoms with E-state index in [0.717, 1.165) is 5.56 Å². The summed E-state index contributed by atoms with van der Waals surface area (Å²) < 4.78 is 42.8. The smallest absolute Gasteiger partial charge is 0.244 e. The first kappa shape index (κ1) is 17.9. The number of aromatic nitrogens is 2.